The number of fused-ring (bicyclic) bond motifs is 2. The molecule has 1 amide bonds. The van der Waals surface area contributed by atoms with Crippen LogP contribution in [0, 0.1) is 29.6 Å². The Morgan fingerprint density at radius 3 is 2.73 bits per heavy atom. The lowest BCUT2D eigenvalue weighted by Crippen LogP contribution is -2.55. The molecule has 0 aliphatic carbocycles. The number of hydrogen-bond acceptors (Lipinski definition) is 8. The van der Waals surface area contributed by atoms with E-state index in [9.17, 15) is 20.4 Å². The fourth-order valence-corrected chi connectivity index (χ4v) is 5.95. The second-order valence-electron chi connectivity index (χ2n) is 10.1. The van der Waals surface area contributed by atoms with Gasteiger partial charge in [0, 0.05) is 42.8 Å². The Morgan fingerprint density at radius 2 is 2.00 bits per heavy atom. The highest BCUT2D eigenvalue weighted by molar-refractivity contribution is 5.97. The molecule has 2 aliphatic rings. The van der Waals surface area contributed by atoms with E-state index in [0.717, 1.165) is 29.2 Å². The smallest absolute Gasteiger partial charge is 0.246 e. The third-order valence-corrected chi connectivity index (χ3v) is 7.75. The molecule has 0 unspecified atom stereocenters. The van der Waals surface area contributed by atoms with Gasteiger partial charge in [-0.3, -0.25) is 4.79 Å². The van der Waals surface area contributed by atoms with Crippen molar-refractivity contribution in [3.8, 4) is 18.0 Å². The fraction of sp³-hybridized carbons (Fsp3) is 0.355. The van der Waals surface area contributed by atoms with Gasteiger partial charge >= 0.3 is 0 Å². The number of carbonyl (C=O) groups excluding carboxylic acids is 1. The number of amides is 1. The number of benzene rings is 2. The van der Waals surface area contributed by atoms with Gasteiger partial charge in [-0.15, -0.1) is 0 Å². The minimum Gasteiger partial charge on any atom is -0.474 e. The molecule has 9 nitrogen and oxygen atoms in total. The van der Waals surface area contributed by atoms with Crippen molar-refractivity contribution in [1.29, 1.82) is 10.5 Å². The van der Waals surface area contributed by atoms with E-state index in [1.807, 2.05) is 0 Å². The summed E-state index contributed by atoms with van der Waals surface area (Å²) in [6.07, 6.45) is 2.12. The molecule has 1 saturated heterocycles. The minimum atomic E-state index is -0.333. The monoisotopic (exact) mass is 536 g/mol. The average molecular weight is 537 g/mol. The van der Waals surface area contributed by atoms with E-state index in [1.54, 1.807) is 4.90 Å². The van der Waals surface area contributed by atoms with Crippen LogP contribution in [0.5, 0.6) is 5.88 Å². The van der Waals surface area contributed by atoms with E-state index in [2.05, 4.69) is 71.8 Å². The number of aliphatic hydroxyl groups is 1. The Labute approximate surface area is 234 Å². The minimum absolute atomic E-state index is 0.0187. The topological polar surface area (TPSA) is 117 Å². The van der Waals surface area contributed by atoms with Crippen LogP contribution in [-0.2, 0) is 17.8 Å². The standard InChI is InChI=1S/C31H32N6O3/c1-3-28(39)37-15-14-36(19-23(37)10-12-32)30-24-11-13-35(20-26(24)34-31(25(30)18-33)40-17-16-38)27-9-5-8-22-7-4-6-21(2)29(22)27/h3-9,23,38H,1,10-11,13-17,19-20H2,2H3/t23-/m0/s1. The zero-order chi connectivity index (χ0) is 28.2. The Hall–Kier alpha value is -4.60. The average Bonchev–Trinajstić information content (AvgIpc) is 2.98. The molecule has 1 atom stereocenters. The lowest BCUT2D eigenvalue weighted by Gasteiger charge is -2.43. The van der Waals surface area contributed by atoms with E-state index in [1.165, 1.54) is 22.4 Å². The molecule has 9 heteroatoms. The van der Waals surface area contributed by atoms with Gasteiger partial charge in [-0.25, -0.2) is 4.98 Å². The quantitative estimate of drug-likeness (QED) is 0.457. The van der Waals surface area contributed by atoms with Gasteiger partial charge in [-0.05, 0) is 36.4 Å². The second-order valence-corrected chi connectivity index (χ2v) is 10.1. The Balaban J connectivity index is 1.57. The second kappa shape index (κ2) is 11.6. The highest BCUT2D eigenvalue weighted by atomic mass is 16.5. The van der Waals surface area contributed by atoms with Crippen molar-refractivity contribution in [3.05, 3.63) is 71.4 Å². The van der Waals surface area contributed by atoms with E-state index in [-0.39, 0.29) is 37.5 Å². The first-order chi connectivity index (χ1) is 19.5. The van der Waals surface area contributed by atoms with Gasteiger partial charge in [0.2, 0.25) is 11.8 Å². The first-order valence-corrected chi connectivity index (χ1v) is 13.5. The highest BCUT2D eigenvalue weighted by Crippen LogP contribution is 2.39. The predicted molar refractivity (Wildman–Crippen MR) is 153 cm³/mol. The third-order valence-electron chi connectivity index (χ3n) is 7.75. The first kappa shape index (κ1) is 27.0. The fourth-order valence-electron chi connectivity index (χ4n) is 5.95. The van der Waals surface area contributed by atoms with Gasteiger partial charge in [0.25, 0.3) is 0 Å². The highest BCUT2D eigenvalue weighted by Gasteiger charge is 2.35. The maximum atomic E-state index is 12.5. The third kappa shape index (κ3) is 4.92. The number of aliphatic hydroxyl groups excluding tert-OH is 1. The van der Waals surface area contributed by atoms with E-state index in [4.69, 9.17) is 9.72 Å². The number of nitriles is 2. The van der Waals surface area contributed by atoms with Crippen molar-refractivity contribution in [3.63, 3.8) is 0 Å². The number of piperazine rings is 1. The van der Waals surface area contributed by atoms with Crippen molar-refractivity contribution in [2.24, 2.45) is 0 Å². The zero-order valence-electron chi connectivity index (χ0n) is 22.6. The summed E-state index contributed by atoms with van der Waals surface area (Å²) in [6, 6.07) is 16.8. The van der Waals surface area contributed by atoms with Gasteiger partial charge in [-0.2, -0.15) is 10.5 Å². The van der Waals surface area contributed by atoms with Crippen LogP contribution in [0.3, 0.4) is 0 Å². The summed E-state index contributed by atoms with van der Waals surface area (Å²) in [5.41, 5.74) is 5.22. The van der Waals surface area contributed by atoms with Crippen LogP contribution < -0.4 is 14.5 Å². The molecule has 5 rings (SSSR count). The molecule has 0 radical (unpaired) electrons. The molecular weight excluding hydrogens is 504 g/mol. The van der Waals surface area contributed by atoms with Gasteiger partial charge in [0.05, 0.1) is 43.1 Å². The molecule has 204 valence electrons. The van der Waals surface area contributed by atoms with Crippen LogP contribution in [0.4, 0.5) is 11.4 Å². The zero-order valence-corrected chi connectivity index (χ0v) is 22.6. The number of rotatable bonds is 7. The van der Waals surface area contributed by atoms with Crippen molar-refractivity contribution in [1.82, 2.24) is 9.88 Å². The molecule has 0 bridgehead atoms. The Bertz CT molecular complexity index is 1530. The molecule has 1 N–H and O–H groups in total. The molecule has 3 heterocycles. The number of aromatic nitrogens is 1. The summed E-state index contributed by atoms with van der Waals surface area (Å²) in [7, 11) is 0. The largest absolute Gasteiger partial charge is 0.474 e. The van der Waals surface area contributed by atoms with Crippen molar-refractivity contribution < 1.29 is 14.6 Å². The van der Waals surface area contributed by atoms with Crippen LogP contribution >= 0.6 is 0 Å². The van der Waals surface area contributed by atoms with E-state index >= 15 is 0 Å². The predicted octanol–water partition coefficient (Wildman–Crippen LogP) is 3.47. The Morgan fingerprint density at radius 1 is 1.20 bits per heavy atom. The van der Waals surface area contributed by atoms with Crippen LogP contribution in [0.15, 0.2) is 49.1 Å². The number of pyridine rings is 1. The summed E-state index contributed by atoms with van der Waals surface area (Å²) >= 11 is 0. The molecule has 0 saturated carbocycles. The molecule has 40 heavy (non-hydrogen) atoms. The summed E-state index contributed by atoms with van der Waals surface area (Å²) in [4.78, 5) is 23.4. The lowest BCUT2D eigenvalue weighted by atomic mass is 9.95. The van der Waals surface area contributed by atoms with E-state index < -0.39 is 0 Å². The van der Waals surface area contributed by atoms with E-state index in [0.29, 0.717) is 38.2 Å². The van der Waals surface area contributed by atoms with Crippen LogP contribution in [0.2, 0.25) is 0 Å². The molecular formula is C31H32N6O3. The summed E-state index contributed by atoms with van der Waals surface area (Å²) in [5, 5.41) is 31.5. The maximum absolute atomic E-state index is 12.5. The van der Waals surface area contributed by atoms with Crippen molar-refractivity contribution >= 4 is 28.1 Å². The van der Waals surface area contributed by atoms with Gasteiger partial charge in [0.15, 0.2) is 0 Å². The number of hydrogen-bond donors (Lipinski definition) is 1. The first-order valence-electron chi connectivity index (χ1n) is 13.5. The molecule has 2 aromatic carbocycles. The SMILES string of the molecule is C=CC(=O)N1CCN(c2c(C#N)c(OCCO)nc3c2CCN(c2cccc4cccc(C)c24)C3)C[C@@H]1CC#N. The normalized spacial score (nSPS) is 16.7. The van der Waals surface area contributed by atoms with Gasteiger partial charge in [0.1, 0.15) is 18.2 Å². The molecule has 0 spiro atoms. The number of carbonyl (C=O) groups is 1. The summed E-state index contributed by atoms with van der Waals surface area (Å²) in [5.74, 6) is -0.00663. The van der Waals surface area contributed by atoms with Gasteiger partial charge < -0.3 is 24.5 Å². The van der Waals surface area contributed by atoms with Crippen LogP contribution in [0.25, 0.3) is 10.8 Å². The van der Waals surface area contributed by atoms with Crippen LogP contribution in [-0.4, -0.2) is 66.3 Å². The summed E-state index contributed by atoms with van der Waals surface area (Å²) < 4.78 is 5.80. The van der Waals surface area contributed by atoms with Crippen molar-refractivity contribution in [2.75, 3.05) is 49.2 Å². The van der Waals surface area contributed by atoms with Crippen LogP contribution in [0.1, 0.15) is 28.8 Å². The number of anilines is 2. The van der Waals surface area contributed by atoms with Gasteiger partial charge in [-0.1, -0.05) is 36.9 Å². The Kier molecular flexibility index (Phi) is 7.86. The molecule has 1 aromatic heterocycles. The number of aryl methyl sites for hydroxylation is 1. The lowest BCUT2D eigenvalue weighted by molar-refractivity contribution is -0.128. The van der Waals surface area contributed by atoms with Crippen molar-refractivity contribution in [2.45, 2.75) is 32.4 Å². The number of nitrogens with zero attached hydrogens (tertiary/aromatic N) is 6. The maximum Gasteiger partial charge on any atom is 0.246 e. The molecule has 1 fully saturated rings. The molecule has 2 aliphatic heterocycles. The summed E-state index contributed by atoms with van der Waals surface area (Å²) in [6.45, 7) is 8.14. The molecule has 3 aromatic rings. The number of ether oxygens (including phenoxy) is 1.